The van der Waals surface area contributed by atoms with Crippen LogP contribution in [0.2, 0.25) is 0 Å². The van der Waals surface area contributed by atoms with E-state index in [0.29, 0.717) is 24.5 Å². The zero-order valence-corrected chi connectivity index (χ0v) is 21.3. The van der Waals surface area contributed by atoms with Gasteiger partial charge in [0.25, 0.3) is 0 Å². The van der Waals surface area contributed by atoms with E-state index >= 15 is 0 Å². The summed E-state index contributed by atoms with van der Waals surface area (Å²) in [5.74, 6) is 0.0173. The standard InChI is InChI=1S/C23H31N3O6S2/c1-18-6-11-22(19(2)16-18)26(33(3,28)29)17-23(27)24-12-15-32-20-7-9-21(10-8-20)34(30,31)25-13-4-5-14-25/h6-11,16H,4-5,12-15,17H2,1-3H3,(H,24,27). The molecule has 2 aromatic carbocycles. The first kappa shape index (κ1) is 26.0. The lowest BCUT2D eigenvalue weighted by atomic mass is 10.1. The molecule has 1 N–H and O–H groups in total. The van der Waals surface area contributed by atoms with Crippen LogP contribution in [0.15, 0.2) is 47.4 Å². The number of anilines is 1. The minimum Gasteiger partial charge on any atom is -0.492 e. The molecule has 11 heteroatoms. The highest BCUT2D eigenvalue weighted by Crippen LogP contribution is 2.24. The maximum Gasteiger partial charge on any atom is 0.243 e. The Morgan fingerprint density at radius 3 is 2.26 bits per heavy atom. The topological polar surface area (TPSA) is 113 Å². The molecule has 1 aliphatic rings. The first-order valence-electron chi connectivity index (χ1n) is 11.0. The molecule has 1 fully saturated rings. The van der Waals surface area contributed by atoms with Crippen LogP contribution in [0.3, 0.4) is 0 Å². The van der Waals surface area contributed by atoms with E-state index in [2.05, 4.69) is 5.32 Å². The largest absolute Gasteiger partial charge is 0.492 e. The van der Waals surface area contributed by atoms with Crippen LogP contribution in [0.5, 0.6) is 5.75 Å². The van der Waals surface area contributed by atoms with Gasteiger partial charge in [-0.05, 0) is 62.6 Å². The average molecular weight is 510 g/mol. The van der Waals surface area contributed by atoms with Gasteiger partial charge >= 0.3 is 0 Å². The minimum atomic E-state index is -3.66. The number of ether oxygens (including phenoxy) is 1. The van der Waals surface area contributed by atoms with E-state index in [0.717, 1.165) is 34.5 Å². The van der Waals surface area contributed by atoms with Gasteiger partial charge in [0, 0.05) is 13.1 Å². The number of nitrogens with zero attached hydrogens (tertiary/aromatic N) is 2. The molecule has 1 heterocycles. The monoisotopic (exact) mass is 509 g/mol. The third-order valence-electron chi connectivity index (χ3n) is 5.53. The number of rotatable bonds is 10. The van der Waals surface area contributed by atoms with Gasteiger partial charge in [0.15, 0.2) is 0 Å². The van der Waals surface area contributed by atoms with Gasteiger partial charge in [0.2, 0.25) is 26.0 Å². The van der Waals surface area contributed by atoms with Crippen molar-refractivity contribution < 1.29 is 26.4 Å². The highest BCUT2D eigenvalue weighted by molar-refractivity contribution is 7.92. The predicted molar refractivity (Wildman–Crippen MR) is 131 cm³/mol. The van der Waals surface area contributed by atoms with E-state index in [4.69, 9.17) is 4.74 Å². The molecule has 0 aromatic heterocycles. The van der Waals surface area contributed by atoms with Gasteiger partial charge in [-0.15, -0.1) is 0 Å². The molecular weight excluding hydrogens is 478 g/mol. The third kappa shape index (κ3) is 6.49. The number of hydrogen-bond donors (Lipinski definition) is 1. The Balaban J connectivity index is 1.51. The molecule has 9 nitrogen and oxygen atoms in total. The number of sulfonamides is 2. The molecule has 2 aromatic rings. The van der Waals surface area contributed by atoms with Gasteiger partial charge in [-0.3, -0.25) is 9.10 Å². The summed E-state index contributed by atoms with van der Waals surface area (Å²) in [6.07, 6.45) is 2.81. The second-order valence-electron chi connectivity index (χ2n) is 8.34. The first-order valence-corrected chi connectivity index (χ1v) is 14.3. The average Bonchev–Trinajstić information content (AvgIpc) is 3.31. The fourth-order valence-corrected chi connectivity index (χ4v) is 6.23. The Labute approximate surface area is 201 Å². The Bertz CT molecular complexity index is 1220. The lowest BCUT2D eigenvalue weighted by Crippen LogP contribution is -2.41. The van der Waals surface area contributed by atoms with E-state index < -0.39 is 26.0 Å². The summed E-state index contributed by atoms with van der Waals surface area (Å²) in [5.41, 5.74) is 2.22. The molecule has 0 atom stereocenters. The molecule has 3 rings (SSSR count). The molecule has 0 saturated carbocycles. The van der Waals surface area contributed by atoms with Crippen LogP contribution in [0, 0.1) is 13.8 Å². The smallest absolute Gasteiger partial charge is 0.243 e. The highest BCUT2D eigenvalue weighted by Gasteiger charge is 2.27. The summed E-state index contributed by atoms with van der Waals surface area (Å²) in [5, 5.41) is 2.66. The Hall–Kier alpha value is -2.63. The van der Waals surface area contributed by atoms with Gasteiger partial charge in [0.1, 0.15) is 18.9 Å². The van der Waals surface area contributed by atoms with Crippen LogP contribution < -0.4 is 14.4 Å². The first-order chi connectivity index (χ1) is 16.0. The molecule has 1 aliphatic heterocycles. The summed E-state index contributed by atoms with van der Waals surface area (Å²) in [4.78, 5) is 12.6. The van der Waals surface area contributed by atoms with Crippen molar-refractivity contribution in [2.24, 2.45) is 0 Å². The second kappa shape index (κ2) is 10.7. The van der Waals surface area contributed by atoms with Gasteiger partial charge in [0.05, 0.1) is 23.4 Å². The van der Waals surface area contributed by atoms with Crippen molar-refractivity contribution in [1.82, 2.24) is 9.62 Å². The Morgan fingerprint density at radius 1 is 1.03 bits per heavy atom. The molecule has 0 bridgehead atoms. The van der Waals surface area contributed by atoms with Gasteiger partial charge in [-0.2, -0.15) is 4.31 Å². The van der Waals surface area contributed by atoms with Crippen molar-refractivity contribution in [3.05, 3.63) is 53.6 Å². The lowest BCUT2D eigenvalue weighted by molar-refractivity contribution is -0.119. The molecule has 0 unspecified atom stereocenters. The number of nitrogens with one attached hydrogen (secondary N) is 1. The molecule has 0 radical (unpaired) electrons. The van der Waals surface area contributed by atoms with Crippen molar-refractivity contribution >= 4 is 31.6 Å². The van der Waals surface area contributed by atoms with Gasteiger partial charge < -0.3 is 10.1 Å². The molecule has 0 spiro atoms. The summed E-state index contributed by atoms with van der Waals surface area (Å²) < 4.78 is 57.8. The normalized spacial score (nSPS) is 14.7. The van der Waals surface area contributed by atoms with E-state index in [1.165, 1.54) is 16.4 Å². The van der Waals surface area contributed by atoms with Crippen molar-refractivity contribution in [2.75, 3.05) is 43.3 Å². The van der Waals surface area contributed by atoms with Crippen LogP contribution in [-0.4, -0.2) is 66.1 Å². The molecular formula is C23H31N3O6S2. The number of carbonyl (C=O) groups excluding carboxylic acids is 1. The van der Waals surface area contributed by atoms with Crippen molar-refractivity contribution in [3.8, 4) is 5.75 Å². The highest BCUT2D eigenvalue weighted by atomic mass is 32.2. The maximum absolute atomic E-state index is 12.6. The fraction of sp³-hybridized carbons (Fsp3) is 0.435. The maximum atomic E-state index is 12.6. The second-order valence-corrected chi connectivity index (χ2v) is 12.2. The zero-order valence-electron chi connectivity index (χ0n) is 19.7. The molecule has 1 amide bonds. The van der Waals surface area contributed by atoms with Crippen LogP contribution in [-0.2, 0) is 24.8 Å². The van der Waals surface area contributed by atoms with Crippen LogP contribution in [0.1, 0.15) is 24.0 Å². The molecule has 1 saturated heterocycles. The Kier molecular flexibility index (Phi) is 8.21. The summed E-state index contributed by atoms with van der Waals surface area (Å²) in [6.45, 7) is 4.76. The van der Waals surface area contributed by atoms with E-state index in [1.54, 1.807) is 31.2 Å². The lowest BCUT2D eigenvalue weighted by Gasteiger charge is -2.24. The van der Waals surface area contributed by atoms with E-state index in [9.17, 15) is 21.6 Å². The van der Waals surface area contributed by atoms with E-state index in [-0.39, 0.29) is 24.6 Å². The minimum absolute atomic E-state index is 0.145. The third-order valence-corrected chi connectivity index (χ3v) is 8.57. The summed E-state index contributed by atoms with van der Waals surface area (Å²) in [7, 11) is -7.13. The number of benzene rings is 2. The van der Waals surface area contributed by atoms with Crippen LogP contribution in [0.25, 0.3) is 0 Å². The fourth-order valence-electron chi connectivity index (χ4n) is 3.80. The van der Waals surface area contributed by atoms with E-state index in [1.807, 2.05) is 13.0 Å². The number of amides is 1. The summed E-state index contributed by atoms with van der Waals surface area (Å²) >= 11 is 0. The van der Waals surface area contributed by atoms with Gasteiger partial charge in [-0.25, -0.2) is 16.8 Å². The van der Waals surface area contributed by atoms with Crippen LogP contribution >= 0.6 is 0 Å². The Morgan fingerprint density at radius 2 is 1.68 bits per heavy atom. The van der Waals surface area contributed by atoms with Crippen molar-refractivity contribution in [2.45, 2.75) is 31.6 Å². The van der Waals surface area contributed by atoms with Gasteiger partial charge in [-0.1, -0.05) is 17.7 Å². The molecule has 34 heavy (non-hydrogen) atoms. The molecule has 186 valence electrons. The molecule has 0 aliphatic carbocycles. The number of aryl methyl sites for hydroxylation is 2. The SMILES string of the molecule is Cc1ccc(N(CC(=O)NCCOc2ccc(S(=O)(=O)N3CCCC3)cc2)S(C)(=O)=O)c(C)c1. The number of hydrogen-bond acceptors (Lipinski definition) is 6. The summed E-state index contributed by atoms with van der Waals surface area (Å²) in [6, 6.07) is 11.5. The quantitative estimate of drug-likeness (QED) is 0.491. The van der Waals surface area contributed by atoms with Crippen molar-refractivity contribution in [1.29, 1.82) is 0 Å². The predicted octanol–water partition coefficient (Wildman–Crippen LogP) is 2.05. The zero-order chi connectivity index (χ0) is 24.9. The number of carbonyl (C=O) groups is 1. The van der Waals surface area contributed by atoms with Crippen molar-refractivity contribution in [3.63, 3.8) is 0 Å². The van der Waals surface area contributed by atoms with Crippen LogP contribution in [0.4, 0.5) is 5.69 Å².